The molecule has 1 fully saturated rings. The van der Waals surface area contributed by atoms with Crippen molar-refractivity contribution >= 4 is 17.0 Å². The maximum absolute atomic E-state index is 12.6. The van der Waals surface area contributed by atoms with Gasteiger partial charge in [-0.3, -0.25) is 14.9 Å². The Bertz CT molecular complexity index is 1180. The molecule has 0 saturated carbocycles. The largest absolute Gasteiger partial charge is 0.342 e. The minimum absolute atomic E-state index is 0.182. The van der Waals surface area contributed by atoms with Crippen LogP contribution in [0.15, 0.2) is 41.3 Å². The van der Waals surface area contributed by atoms with Gasteiger partial charge < -0.3 is 4.90 Å². The van der Waals surface area contributed by atoms with E-state index in [0.29, 0.717) is 23.5 Å². The van der Waals surface area contributed by atoms with Crippen LogP contribution in [0.2, 0.25) is 0 Å². The molecule has 0 aliphatic carbocycles. The van der Waals surface area contributed by atoms with E-state index in [0.717, 1.165) is 36.7 Å². The highest BCUT2D eigenvalue weighted by Crippen LogP contribution is 2.27. The van der Waals surface area contributed by atoms with Gasteiger partial charge in [-0.1, -0.05) is 18.2 Å². The Morgan fingerprint density at radius 1 is 1.18 bits per heavy atom. The summed E-state index contributed by atoms with van der Waals surface area (Å²) in [7, 11) is 0. The number of hydrogen-bond acceptors (Lipinski definition) is 6. The first-order valence-corrected chi connectivity index (χ1v) is 9.36. The zero-order valence-electron chi connectivity index (χ0n) is 15.5. The SMILES string of the molecule is Cc1nc([C@@H]2CCCN(c3nc4c(cnn4-c4ccccc4)c(=O)[nH]3)C2)n[nH]1. The van der Waals surface area contributed by atoms with Crippen molar-refractivity contribution in [3.05, 3.63) is 58.5 Å². The van der Waals surface area contributed by atoms with E-state index in [1.165, 1.54) is 0 Å². The molecule has 2 N–H and O–H groups in total. The number of benzene rings is 1. The molecule has 5 rings (SSSR count). The van der Waals surface area contributed by atoms with Crippen molar-refractivity contribution in [2.45, 2.75) is 25.7 Å². The number of aryl methyl sites for hydroxylation is 1. The molecule has 4 aromatic rings. The first-order valence-electron chi connectivity index (χ1n) is 9.36. The molecule has 0 unspecified atom stereocenters. The summed E-state index contributed by atoms with van der Waals surface area (Å²) in [6.07, 6.45) is 3.56. The van der Waals surface area contributed by atoms with Crippen molar-refractivity contribution in [1.82, 2.24) is 34.9 Å². The molecule has 1 atom stereocenters. The van der Waals surface area contributed by atoms with E-state index >= 15 is 0 Å². The third-order valence-corrected chi connectivity index (χ3v) is 5.13. The summed E-state index contributed by atoms with van der Waals surface area (Å²) in [6, 6.07) is 9.70. The van der Waals surface area contributed by atoms with Crippen molar-refractivity contribution in [3.8, 4) is 5.69 Å². The van der Waals surface area contributed by atoms with Gasteiger partial charge in [0.1, 0.15) is 11.2 Å². The molecule has 0 amide bonds. The quantitative estimate of drug-likeness (QED) is 0.565. The number of piperidine rings is 1. The molecule has 9 nitrogen and oxygen atoms in total. The zero-order chi connectivity index (χ0) is 19.1. The number of aromatic nitrogens is 7. The van der Waals surface area contributed by atoms with Crippen LogP contribution < -0.4 is 10.5 Å². The molecule has 142 valence electrons. The average molecular weight is 376 g/mol. The summed E-state index contributed by atoms with van der Waals surface area (Å²) in [5.74, 6) is 2.40. The van der Waals surface area contributed by atoms with Crippen molar-refractivity contribution in [1.29, 1.82) is 0 Å². The van der Waals surface area contributed by atoms with Crippen LogP contribution in [0.25, 0.3) is 16.7 Å². The van der Waals surface area contributed by atoms with E-state index in [4.69, 9.17) is 4.98 Å². The summed E-state index contributed by atoms with van der Waals surface area (Å²) in [4.78, 5) is 26.9. The van der Waals surface area contributed by atoms with Crippen molar-refractivity contribution < 1.29 is 0 Å². The van der Waals surface area contributed by atoms with Crippen LogP contribution >= 0.6 is 0 Å². The predicted molar refractivity (Wildman–Crippen MR) is 105 cm³/mol. The molecule has 1 aromatic carbocycles. The summed E-state index contributed by atoms with van der Waals surface area (Å²) in [5.41, 5.74) is 1.24. The van der Waals surface area contributed by atoms with Crippen LogP contribution in [-0.2, 0) is 0 Å². The fourth-order valence-corrected chi connectivity index (χ4v) is 3.74. The van der Waals surface area contributed by atoms with Crippen molar-refractivity contribution in [3.63, 3.8) is 0 Å². The molecule has 4 heterocycles. The second-order valence-electron chi connectivity index (χ2n) is 7.08. The van der Waals surface area contributed by atoms with Gasteiger partial charge in [-0.25, -0.2) is 9.67 Å². The van der Waals surface area contributed by atoms with Gasteiger partial charge in [0.2, 0.25) is 5.95 Å². The number of nitrogens with one attached hydrogen (secondary N) is 2. The Morgan fingerprint density at radius 3 is 2.82 bits per heavy atom. The molecule has 3 aromatic heterocycles. The monoisotopic (exact) mass is 376 g/mol. The molecular formula is C19H20N8O. The average Bonchev–Trinajstić information content (AvgIpc) is 3.35. The standard InChI is InChI=1S/C19H20N8O/c1-12-21-16(25-24-12)13-6-5-9-26(11-13)19-22-17-15(18(28)23-19)10-20-27(17)14-7-3-2-4-8-14/h2-4,7-8,10,13H,5-6,9,11H2,1H3,(H,21,24,25)(H,22,23,28)/t13-/m1/s1. The molecule has 28 heavy (non-hydrogen) atoms. The van der Waals surface area contributed by atoms with Gasteiger partial charge in [-0.15, -0.1) is 0 Å². The van der Waals surface area contributed by atoms with Crippen LogP contribution in [0.3, 0.4) is 0 Å². The highest BCUT2D eigenvalue weighted by molar-refractivity contribution is 5.76. The van der Waals surface area contributed by atoms with Gasteiger partial charge in [0.05, 0.1) is 11.9 Å². The Labute approximate surface area is 160 Å². The van der Waals surface area contributed by atoms with Gasteiger partial charge >= 0.3 is 0 Å². The summed E-state index contributed by atoms with van der Waals surface area (Å²) in [6.45, 7) is 3.44. The maximum atomic E-state index is 12.6. The number of rotatable bonds is 3. The van der Waals surface area contributed by atoms with Crippen LogP contribution in [-0.4, -0.2) is 48.0 Å². The van der Waals surface area contributed by atoms with Crippen LogP contribution in [0.5, 0.6) is 0 Å². The fraction of sp³-hybridized carbons (Fsp3) is 0.316. The van der Waals surface area contributed by atoms with E-state index in [1.54, 1.807) is 10.9 Å². The minimum Gasteiger partial charge on any atom is -0.342 e. The third kappa shape index (κ3) is 2.84. The maximum Gasteiger partial charge on any atom is 0.263 e. The number of para-hydroxylation sites is 1. The molecule has 1 aliphatic rings. The number of hydrogen-bond donors (Lipinski definition) is 2. The Kier molecular flexibility index (Phi) is 3.92. The molecule has 0 bridgehead atoms. The predicted octanol–water partition coefficient (Wildman–Crippen LogP) is 1.92. The number of fused-ring (bicyclic) bond motifs is 1. The number of anilines is 1. The molecule has 1 aliphatic heterocycles. The Balaban J connectivity index is 1.53. The Morgan fingerprint density at radius 2 is 2.04 bits per heavy atom. The minimum atomic E-state index is -0.182. The smallest absolute Gasteiger partial charge is 0.263 e. The van der Waals surface area contributed by atoms with Crippen LogP contribution in [0.1, 0.15) is 30.4 Å². The van der Waals surface area contributed by atoms with Gasteiger partial charge in [-0.05, 0) is 31.9 Å². The second kappa shape index (κ2) is 6.59. The van der Waals surface area contributed by atoms with E-state index in [1.807, 2.05) is 37.3 Å². The lowest BCUT2D eigenvalue weighted by Gasteiger charge is -2.31. The van der Waals surface area contributed by atoms with E-state index in [-0.39, 0.29) is 11.5 Å². The first kappa shape index (κ1) is 16.7. The summed E-state index contributed by atoms with van der Waals surface area (Å²) < 4.78 is 1.70. The zero-order valence-corrected chi connectivity index (χ0v) is 15.5. The fourth-order valence-electron chi connectivity index (χ4n) is 3.74. The first-order chi connectivity index (χ1) is 13.7. The summed E-state index contributed by atoms with van der Waals surface area (Å²) in [5, 5.41) is 12.1. The van der Waals surface area contributed by atoms with Gasteiger partial charge in [0, 0.05) is 19.0 Å². The lowest BCUT2D eigenvalue weighted by atomic mass is 9.98. The highest BCUT2D eigenvalue weighted by atomic mass is 16.1. The van der Waals surface area contributed by atoms with Gasteiger partial charge in [0.25, 0.3) is 5.56 Å². The summed E-state index contributed by atoms with van der Waals surface area (Å²) >= 11 is 0. The van der Waals surface area contributed by atoms with Crippen molar-refractivity contribution in [2.75, 3.05) is 18.0 Å². The topological polar surface area (TPSA) is 108 Å². The number of H-pyrrole nitrogens is 2. The van der Waals surface area contributed by atoms with Crippen LogP contribution in [0.4, 0.5) is 5.95 Å². The van der Waals surface area contributed by atoms with E-state index in [9.17, 15) is 4.79 Å². The molecule has 0 spiro atoms. The van der Waals surface area contributed by atoms with Crippen molar-refractivity contribution in [2.24, 2.45) is 0 Å². The lowest BCUT2D eigenvalue weighted by molar-refractivity contribution is 0.486. The number of nitrogens with zero attached hydrogens (tertiary/aromatic N) is 6. The van der Waals surface area contributed by atoms with Crippen LogP contribution in [0, 0.1) is 6.92 Å². The molecule has 0 radical (unpaired) electrons. The van der Waals surface area contributed by atoms with Gasteiger partial charge in [-0.2, -0.15) is 15.2 Å². The van der Waals surface area contributed by atoms with Gasteiger partial charge in [0.15, 0.2) is 11.5 Å². The molecule has 9 heteroatoms. The molecular weight excluding hydrogens is 356 g/mol. The second-order valence-corrected chi connectivity index (χ2v) is 7.08. The third-order valence-electron chi connectivity index (χ3n) is 5.13. The Hall–Kier alpha value is -3.49. The highest BCUT2D eigenvalue weighted by Gasteiger charge is 2.26. The van der Waals surface area contributed by atoms with E-state index in [2.05, 4.69) is 30.2 Å². The number of aromatic amines is 2. The lowest BCUT2D eigenvalue weighted by Crippen LogP contribution is -2.37. The molecule has 1 saturated heterocycles. The van der Waals surface area contributed by atoms with E-state index < -0.39 is 0 Å². The normalized spacial score (nSPS) is 17.3.